The first kappa shape index (κ1) is 23.7. The molecular formula is C22H32FN3O4S. The van der Waals surface area contributed by atoms with Crippen molar-refractivity contribution in [3.05, 3.63) is 30.1 Å². The summed E-state index contributed by atoms with van der Waals surface area (Å²) in [7, 11) is -3.81. The van der Waals surface area contributed by atoms with Crippen LogP contribution in [0.3, 0.4) is 0 Å². The molecule has 1 saturated carbocycles. The molecule has 9 heteroatoms. The largest absolute Gasteiger partial charge is 0.352 e. The first-order valence-corrected chi connectivity index (χ1v) is 12.5. The third-order valence-electron chi connectivity index (χ3n) is 6.15. The summed E-state index contributed by atoms with van der Waals surface area (Å²) in [6.07, 6.45) is 5.22. The van der Waals surface area contributed by atoms with Crippen molar-refractivity contribution in [3.63, 3.8) is 0 Å². The zero-order valence-corrected chi connectivity index (χ0v) is 19.0. The van der Waals surface area contributed by atoms with Crippen molar-refractivity contribution in [2.24, 2.45) is 11.8 Å². The van der Waals surface area contributed by atoms with Gasteiger partial charge in [-0.2, -0.15) is 4.31 Å². The Hall–Kier alpha value is -2.00. The Morgan fingerprint density at radius 1 is 1.06 bits per heavy atom. The zero-order valence-electron chi connectivity index (χ0n) is 18.1. The molecule has 0 bridgehead atoms. The first-order valence-electron chi connectivity index (χ1n) is 11.0. The molecule has 1 heterocycles. The highest BCUT2D eigenvalue weighted by Crippen LogP contribution is 2.24. The molecule has 3 rings (SSSR count). The van der Waals surface area contributed by atoms with Gasteiger partial charge >= 0.3 is 0 Å². The molecule has 1 unspecified atom stereocenters. The van der Waals surface area contributed by atoms with Crippen LogP contribution in [0.4, 0.5) is 4.39 Å². The molecule has 172 valence electrons. The van der Waals surface area contributed by atoms with Gasteiger partial charge < -0.3 is 10.6 Å². The predicted octanol–water partition coefficient (Wildman–Crippen LogP) is 2.43. The Bertz CT molecular complexity index is 883. The molecule has 2 amide bonds. The average Bonchev–Trinajstić information content (AvgIpc) is 3.25. The van der Waals surface area contributed by atoms with Crippen molar-refractivity contribution in [1.82, 2.24) is 14.9 Å². The van der Waals surface area contributed by atoms with Gasteiger partial charge in [0.25, 0.3) is 0 Å². The summed E-state index contributed by atoms with van der Waals surface area (Å²) < 4.78 is 40.3. The molecule has 7 nitrogen and oxygen atoms in total. The molecule has 2 atom stereocenters. The third-order valence-corrected chi connectivity index (χ3v) is 8.03. The SMILES string of the molecule is CC(C)[C@H](NC(=O)C1CCCN(S(=O)(=O)c2ccc(F)cc2)C1)C(=O)NC1CCCC1. The summed E-state index contributed by atoms with van der Waals surface area (Å²) in [6.45, 7) is 4.11. The monoisotopic (exact) mass is 453 g/mol. The molecule has 1 aromatic rings. The number of nitrogens with zero attached hydrogens (tertiary/aromatic N) is 1. The van der Waals surface area contributed by atoms with Crippen LogP contribution >= 0.6 is 0 Å². The number of carbonyl (C=O) groups excluding carboxylic acids is 2. The molecule has 2 fully saturated rings. The van der Waals surface area contributed by atoms with E-state index in [4.69, 9.17) is 0 Å². The van der Waals surface area contributed by atoms with Gasteiger partial charge in [0.15, 0.2) is 0 Å². The van der Waals surface area contributed by atoms with E-state index in [9.17, 15) is 22.4 Å². The quantitative estimate of drug-likeness (QED) is 0.663. The molecule has 1 saturated heterocycles. The Morgan fingerprint density at radius 3 is 2.32 bits per heavy atom. The van der Waals surface area contributed by atoms with E-state index in [1.165, 1.54) is 16.4 Å². The van der Waals surface area contributed by atoms with E-state index < -0.39 is 27.8 Å². The molecule has 1 aliphatic carbocycles. The van der Waals surface area contributed by atoms with Crippen molar-refractivity contribution in [1.29, 1.82) is 0 Å². The minimum Gasteiger partial charge on any atom is -0.352 e. The highest BCUT2D eigenvalue weighted by Gasteiger charge is 2.35. The lowest BCUT2D eigenvalue weighted by Gasteiger charge is -2.32. The minimum atomic E-state index is -3.81. The number of benzene rings is 1. The van der Waals surface area contributed by atoms with E-state index in [0.717, 1.165) is 37.8 Å². The molecule has 1 aromatic carbocycles. The van der Waals surface area contributed by atoms with Gasteiger partial charge in [-0.05, 0) is 55.9 Å². The zero-order chi connectivity index (χ0) is 22.6. The molecule has 2 aliphatic rings. The highest BCUT2D eigenvalue weighted by atomic mass is 32.2. The second-order valence-corrected chi connectivity index (χ2v) is 10.8. The van der Waals surface area contributed by atoms with Gasteiger partial charge in [-0.15, -0.1) is 0 Å². The number of nitrogens with one attached hydrogen (secondary N) is 2. The fourth-order valence-electron chi connectivity index (χ4n) is 4.30. The number of amides is 2. The van der Waals surface area contributed by atoms with Gasteiger partial charge in [0.2, 0.25) is 21.8 Å². The van der Waals surface area contributed by atoms with Crippen LogP contribution < -0.4 is 10.6 Å². The van der Waals surface area contributed by atoms with Crippen molar-refractivity contribution in [2.75, 3.05) is 13.1 Å². The molecule has 0 aromatic heterocycles. The molecule has 2 N–H and O–H groups in total. The maximum absolute atomic E-state index is 13.2. The van der Waals surface area contributed by atoms with Crippen LogP contribution in [0.2, 0.25) is 0 Å². The lowest BCUT2D eigenvalue weighted by atomic mass is 9.96. The number of carbonyl (C=O) groups is 2. The third kappa shape index (κ3) is 5.83. The topological polar surface area (TPSA) is 95.6 Å². The minimum absolute atomic E-state index is 0.00552. The van der Waals surface area contributed by atoms with Crippen LogP contribution in [0.15, 0.2) is 29.2 Å². The molecule has 0 radical (unpaired) electrons. The normalized spacial score (nSPS) is 21.7. The van der Waals surface area contributed by atoms with E-state index in [1.807, 2.05) is 13.8 Å². The van der Waals surface area contributed by atoms with Crippen LogP contribution in [-0.4, -0.2) is 49.7 Å². The van der Waals surface area contributed by atoms with Crippen molar-refractivity contribution >= 4 is 21.8 Å². The standard InChI is InChI=1S/C22H32FN3O4S/c1-15(2)20(22(28)24-18-7-3-4-8-18)25-21(27)16-6-5-13-26(14-16)31(29,30)19-11-9-17(23)10-12-19/h9-12,15-16,18,20H,3-8,13-14H2,1-2H3,(H,24,28)(H,25,27)/t16?,20-/m0/s1. The summed E-state index contributed by atoms with van der Waals surface area (Å²) in [5.74, 6) is -1.62. The van der Waals surface area contributed by atoms with E-state index >= 15 is 0 Å². The van der Waals surface area contributed by atoms with Gasteiger partial charge in [-0.3, -0.25) is 9.59 Å². The smallest absolute Gasteiger partial charge is 0.243 e. The summed E-state index contributed by atoms with van der Waals surface area (Å²) in [5, 5.41) is 5.89. The van der Waals surface area contributed by atoms with Crippen LogP contribution in [0.5, 0.6) is 0 Å². The molecule has 0 spiro atoms. The maximum Gasteiger partial charge on any atom is 0.243 e. The van der Waals surface area contributed by atoms with E-state index in [-0.39, 0.29) is 35.2 Å². The van der Waals surface area contributed by atoms with E-state index in [0.29, 0.717) is 19.4 Å². The fraction of sp³-hybridized carbons (Fsp3) is 0.636. The van der Waals surface area contributed by atoms with Gasteiger partial charge in [0.05, 0.1) is 10.8 Å². The van der Waals surface area contributed by atoms with Crippen LogP contribution in [0.25, 0.3) is 0 Å². The van der Waals surface area contributed by atoms with Crippen molar-refractivity contribution in [3.8, 4) is 0 Å². The summed E-state index contributed by atoms with van der Waals surface area (Å²) in [4.78, 5) is 25.7. The average molecular weight is 454 g/mol. The van der Waals surface area contributed by atoms with Gasteiger partial charge in [-0.25, -0.2) is 12.8 Å². The van der Waals surface area contributed by atoms with Gasteiger partial charge in [-0.1, -0.05) is 26.7 Å². The van der Waals surface area contributed by atoms with E-state index in [2.05, 4.69) is 10.6 Å². The second-order valence-electron chi connectivity index (χ2n) is 8.88. The number of halogens is 1. The Kier molecular flexibility index (Phi) is 7.69. The Morgan fingerprint density at radius 2 is 1.71 bits per heavy atom. The Balaban J connectivity index is 1.64. The number of rotatable bonds is 7. The second kappa shape index (κ2) is 10.1. The highest BCUT2D eigenvalue weighted by molar-refractivity contribution is 7.89. The summed E-state index contributed by atoms with van der Waals surface area (Å²) in [6, 6.07) is 4.19. The number of hydrogen-bond acceptors (Lipinski definition) is 4. The molecule has 1 aliphatic heterocycles. The first-order chi connectivity index (χ1) is 14.7. The lowest BCUT2D eigenvalue weighted by Crippen LogP contribution is -2.54. The lowest BCUT2D eigenvalue weighted by molar-refractivity contribution is -0.133. The number of hydrogen-bond donors (Lipinski definition) is 2. The van der Waals surface area contributed by atoms with Gasteiger partial charge in [0.1, 0.15) is 11.9 Å². The fourth-order valence-corrected chi connectivity index (χ4v) is 5.82. The summed E-state index contributed by atoms with van der Waals surface area (Å²) >= 11 is 0. The molecule has 31 heavy (non-hydrogen) atoms. The van der Waals surface area contributed by atoms with Gasteiger partial charge in [0, 0.05) is 19.1 Å². The predicted molar refractivity (Wildman–Crippen MR) is 115 cm³/mol. The van der Waals surface area contributed by atoms with Crippen LogP contribution in [0.1, 0.15) is 52.4 Å². The van der Waals surface area contributed by atoms with Crippen molar-refractivity contribution in [2.45, 2.75) is 69.4 Å². The summed E-state index contributed by atoms with van der Waals surface area (Å²) in [5.41, 5.74) is 0. The van der Waals surface area contributed by atoms with Crippen LogP contribution in [0, 0.1) is 17.7 Å². The maximum atomic E-state index is 13.2. The number of piperidine rings is 1. The Labute approximate surface area is 183 Å². The van der Waals surface area contributed by atoms with E-state index in [1.54, 1.807) is 0 Å². The number of sulfonamides is 1. The van der Waals surface area contributed by atoms with Crippen molar-refractivity contribution < 1.29 is 22.4 Å². The van der Waals surface area contributed by atoms with Crippen LogP contribution in [-0.2, 0) is 19.6 Å². The molecular weight excluding hydrogens is 421 g/mol.